The Morgan fingerprint density at radius 1 is 1.05 bits per heavy atom. The number of halogens is 3. The van der Waals surface area contributed by atoms with Crippen LogP contribution in [-0.4, -0.2) is 7.11 Å². The number of methoxy groups -OCH3 is 1. The lowest BCUT2D eigenvalue weighted by Gasteiger charge is -2.18. The Morgan fingerprint density at radius 2 is 1.80 bits per heavy atom. The normalized spacial score (nSPS) is 12.2. The lowest BCUT2D eigenvalue weighted by molar-refractivity contribution is 0.385. The molecule has 0 amide bonds. The molecule has 0 fully saturated rings. The van der Waals surface area contributed by atoms with Gasteiger partial charge in [-0.25, -0.2) is 18.6 Å². The number of nitrogens with two attached hydrogens (primary N) is 1. The Kier molecular flexibility index (Phi) is 4.26. The van der Waals surface area contributed by atoms with Crippen molar-refractivity contribution in [1.29, 1.82) is 0 Å². The molecule has 1 unspecified atom stereocenters. The SMILES string of the molecule is COc1cc(C(NN)c2ccc(F)cc2F)ccc1F. The van der Waals surface area contributed by atoms with Gasteiger partial charge in [0.05, 0.1) is 13.2 Å². The maximum atomic E-state index is 13.8. The number of benzene rings is 2. The summed E-state index contributed by atoms with van der Waals surface area (Å²) in [5.41, 5.74) is 3.08. The van der Waals surface area contributed by atoms with E-state index < -0.39 is 23.5 Å². The smallest absolute Gasteiger partial charge is 0.165 e. The van der Waals surface area contributed by atoms with Gasteiger partial charge in [0.2, 0.25) is 0 Å². The van der Waals surface area contributed by atoms with Crippen LogP contribution in [0.25, 0.3) is 0 Å². The molecule has 2 aromatic carbocycles. The third-order valence-corrected chi connectivity index (χ3v) is 2.95. The monoisotopic (exact) mass is 282 g/mol. The molecule has 0 aliphatic rings. The highest BCUT2D eigenvalue weighted by atomic mass is 19.1. The van der Waals surface area contributed by atoms with E-state index in [0.717, 1.165) is 12.1 Å². The molecule has 106 valence electrons. The van der Waals surface area contributed by atoms with Gasteiger partial charge in [0.25, 0.3) is 0 Å². The summed E-state index contributed by atoms with van der Waals surface area (Å²) >= 11 is 0. The second-order valence-electron chi connectivity index (χ2n) is 4.16. The maximum absolute atomic E-state index is 13.8. The van der Waals surface area contributed by atoms with Crippen molar-refractivity contribution in [2.45, 2.75) is 6.04 Å². The Balaban J connectivity index is 2.46. The largest absolute Gasteiger partial charge is 0.494 e. The second kappa shape index (κ2) is 5.94. The van der Waals surface area contributed by atoms with Gasteiger partial charge in [-0.2, -0.15) is 0 Å². The van der Waals surface area contributed by atoms with Crippen LogP contribution in [0.4, 0.5) is 13.2 Å². The average molecular weight is 282 g/mol. The minimum Gasteiger partial charge on any atom is -0.494 e. The van der Waals surface area contributed by atoms with Crippen LogP contribution in [0.5, 0.6) is 5.75 Å². The molecule has 0 saturated carbocycles. The molecule has 0 aliphatic carbocycles. The minimum absolute atomic E-state index is 0.0188. The van der Waals surface area contributed by atoms with Gasteiger partial charge in [-0.3, -0.25) is 5.84 Å². The van der Waals surface area contributed by atoms with E-state index in [1.165, 1.54) is 31.4 Å². The summed E-state index contributed by atoms with van der Waals surface area (Å²) in [5, 5.41) is 0. The molecule has 2 aromatic rings. The summed E-state index contributed by atoms with van der Waals surface area (Å²) in [6.07, 6.45) is 0. The molecule has 20 heavy (non-hydrogen) atoms. The first-order valence-electron chi connectivity index (χ1n) is 5.81. The van der Waals surface area contributed by atoms with Crippen molar-refractivity contribution in [1.82, 2.24) is 5.43 Å². The molecule has 0 aliphatic heterocycles. The number of nitrogens with one attached hydrogen (secondary N) is 1. The summed E-state index contributed by atoms with van der Waals surface area (Å²) < 4.78 is 45.0. The first-order valence-corrected chi connectivity index (χ1v) is 5.81. The third kappa shape index (κ3) is 2.76. The van der Waals surface area contributed by atoms with E-state index in [4.69, 9.17) is 10.6 Å². The molecular weight excluding hydrogens is 269 g/mol. The fraction of sp³-hybridized carbons (Fsp3) is 0.143. The number of rotatable bonds is 4. The van der Waals surface area contributed by atoms with E-state index in [9.17, 15) is 13.2 Å². The topological polar surface area (TPSA) is 47.3 Å². The lowest BCUT2D eigenvalue weighted by atomic mass is 9.98. The van der Waals surface area contributed by atoms with Crippen LogP contribution < -0.4 is 16.0 Å². The molecule has 0 aromatic heterocycles. The molecule has 0 spiro atoms. The summed E-state index contributed by atoms with van der Waals surface area (Å²) in [4.78, 5) is 0. The standard InChI is InChI=1S/C14H13F3N2O/c1-20-13-6-8(2-5-11(13)16)14(19-18)10-4-3-9(15)7-12(10)17/h2-7,14,19H,18H2,1H3. The quantitative estimate of drug-likeness (QED) is 0.669. The van der Waals surface area contributed by atoms with E-state index in [1.807, 2.05) is 0 Å². The van der Waals surface area contributed by atoms with Crippen LogP contribution >= 0.6 is 0 Å². The van der Waals surface area contributed by atoms with Gasteiger partial charge in [0.1, 0.15) is 11.6 Å². The number of hydrogen-bond donors (Lipinski definition) is 2. The second-order valence-corrected chi connectivity index (χ2v) is 4.16. The number of ether oxygens (including phenoxy) is 1. The minimum atomic E-state index is -0.745. The first kappa shape index (κ1) is 14.4. The molecule has 3 nitrogen and oxygen atoms in total. The summed E-state index contributed by atoms with van der Waals surface area (Å²) in [6.45, 7) is 0. The van der Waals surface area contributed by atoms with Crippen LogP contribution in [0.2, 0.25) is 0 Å². The first-order chi connectivity index (χ1) is 9.56. The molecule has 0 bridgehead atoms. The Labute approximate surface area is 114 Å². The molecule has 3 N–H and O–H groups in total. The van der Waals surface area contributed by atoms with Gasteiger partial charge < -0.3 is 4.74 Å². The van der Waals surface area contributed by atoms with Gasteiger partial charge in [0.15, 0.2) is 11.6 Å². The fourth-order valence-corrected chi connectivity index (χ4v) is 1.96. The van der Waals surface area contributed by atoms with E-state index in [0.29, 0.717) is 5.56 Å². The van der Waals surface area contributed by atoms with Crippen LogP contribution in [0.3, 0.4) is 0 Å². The van der Waals surface area contributed by atoms with Crippen molar-refractivity contribution in [3.8, 4) is 5.75 Å². The fourth-order valence-electron chi connectivity index (χ4n) is 1.96. The molecule has 1 atom stereocenters. The van der Waals surface area contributed by atoms with Crippen LogP contribution in [0.1, 0.15) is 17.2 Å². The van der Waals surface area contributed by atoms with Gasteiger partial charge in [0, 0.05) is 11.6 Å². The highest BCUT2D eigenvalue weighted by molar-refractivity contribution is 5.38. The van der Waals surface area contributed by atoms with Gasteiger partial charge in [-0.05, 0) is 23.8 Å². The van der Waals surface area contributed by atoms with Gasteiger partial charge in [-0.15, -0.1) is 0 Å². The zero-order chi connectivity index (χ0) is 14.7. The van der Waals surface area contributed by atoms with Crippen molar-refractivity contribution in [2.75, 3.05) is 7.11 Å². The number of hydrazine groups is 1. The Bertz CT molecular complexity index is 619. The van der Waals surface area contributed by atoms with Crippen LogP contribution in [0, 0.1) is 17.5 Å². The molecule has 6 heteroatoms. The summed E-state index contributed by atoms with van der Waals surface area (Å²) in [7, 11) is 1.32. The lowest BCUT2D eigenvalue weighted by Crippen LogP contribution is -2.29. The van der Waals surface area contributed by atoms with E-state index >= 15 is 0 Å². The van der Waals surface area contributed by atoms with Gasteiger partial charge in [-0.1, -0.05) is 12.1 Å². The Hall–Kier alpha value is -2.05. The predicted octanol–water partition coefficient (Wildman–Crippen LogP) is 2.67. The van der Waals surface area contributed by atoms with Gasteiger partial charge >= 0.3 is 0 Å². The molecule has 2 rings (SSSR count). The van der Waals surface area contributed by atoms with E-state index in [1.54, 1.807) is 0 Å². The summed E-state index contributed by atoms with van der Waals surface area (Å²) in [5.74, 6) is 3.49. The molecular formula is C14H13F3N2O. The molecule has 0 radical (unpaired) electrons. The van der Waals surface area contributed by atoms with E-state index in [2.05, 4.69) is 5.43 Å². The van der Waals surface area contributed by atoms with Crippen molar-refractivity contribution in [3.63, 3.8) is 0 Å². The van der Waals surface area contributed by atoms with Crippen molar-refractivity contribution >= 4 is 0 Å². The van der Waals surface area contributed by atoms with Crippen molar-refractivity contribution < 1.29 is 17.9 Å². The molecule has 0 saturated heterocycles. The maximum Gasteiger partial charge on any atom is 0.165 e. The Morgan fingerprint density at radius 3 is 2.40 bits per heavy atom. The van der Waals surface area contributed by atoms with E-state index in [-0.39, 0.29) is 11.3 Å². The number of hydrogen-bond acceptors (Lipinski definition) is 3. The predicted molar refractivity (Wildman–Crippen MR) is 68.5 cm³/mol. The molecule has 0 heterocycles. The zero-order valence-corrected chi connectivity index (χ0v) is 10.7. The van der Waals surface area contributed by atoms with Crippen LogP contribution in [-0.2, 0) is 0 Å². The average Bonchev–Trinajstić information content (AvgIpc) is 2.43. The highest BCUT2D eigenvalue weighted by Crippen LogP contribution is 2.28. The third-order valence-electron chi connectivity index (χ3n) is 2.95. The van der Waals surface area contributed by atoms with Crippen molar-refractivity contribution in [3.05, 3.63) is 65.0 Å². The highest BCUT2D eigenvalue weighted by Gasteiger charge is 2.18. The zero-order valence-electron chi connectivity index (χ0n) is 10.7. The van der Waals surface area contributed by atoms with Crippen molar-refractivity contribution in [2.24, 2.45) is 5.84 Å². The van der Waals surface area contributed by atoms with Crippen LogP contribution in [0.15, 0.2) is 36.4 Å². The summed E-state index contributed by atoms with van der Waals surface area (Å²) in [6, 6.07) is 6.48.